The number of hydrogen-bond acceptors (Lipinski definition) is 5. The lowest BCUT2D eigenvalue weighted by molar-refractivity contribution is -0.290. The molecule has 0 bridgehead atoms. The summed E-state index contributed by atoms with van der Waals surface area (Å²) in [7, 11) is 1.38. The number of benzene rings is 2. The zero-order chi connectivity index (χ0) is 24.6. The van der Waals surface area contributed by atoms with Crippen LogP contribution in [-0.2, 0) is 19.0 Å². The number of fused-ring (bicyclic) bond motifs is 1. The monoisotopic (exact) mass is 475 g/mol. The molecular formula is C29H30FNO4. The molecule has 3 aromatic rings. The van der Waals surface area contributed by atoms with E-state index in [9.17, 15) is 9.18 Å². The van der Waals surface area contributed by atoms with E-state index in [1.54, 1.807) is 0 Å². The topological polar surface area (TPSA) is 57.7 Å². The van der Waals surface area contributed by atoms with E-state index in [1.165, 1.54) is 19.2 Å². The molecule has 1 saturated carbocycles. The first kappa shape index (κ1) is 23.6. The molecule has 35 heavy (non-hydrogen) atoms. The van der Waals surface area contributed by atoms with Crippen molar-refractivity contribution in [3.05, 3.63) is 71.7 Å². The Kier molecular flexibility index (Phi) is 6.43. The van der Waals surface area contributed by atoms with Crippen molar-refractivity contribution in [1.82, 2.24) is 4.98 Å². The summed E-state index contributed by atoms with van der Waals surface area (Å²) in [6.07, 6.45) is 6.53. The van der Waals surface area contributed by atoms with Crippen molar-refractivity contribution in [2.75, 3.05) is 7.11 Å². The molecule has 1 aliphatic carbocycles. The molecule has 1 aromatic heterocycles. The Morgan fingerprint density at radius 1 is 1.14 bits per heavy atom. The molecule has 1 aliphatic heterocycles. The standard InChI is InChI=1S/C29H30FNO4/c1-29(2)34-21(16-22(35-29)17-26(32)33-3)14-15-24-27(18-10-12-20(30)13-11-18)23-6-4-5-7-25(23)31-28(24)19-8-9-19/h4-7,10-15,19,21-22H,8-9,16-17H2,1-3H3/b15-14+. The summed E-state index contributed by atoms with van der Waals surface area (Å²) in [5.41, 5.74) is 5.04. The van der Waals surface area contributed by atoms with E-state index in [0.717, 1.165) is 46.1 Å². The third kappa shape index (κ3) is 5.29. The lowest BCUT2D eigenvalue weighted by atomic mass is 9.92. The lowest BCUT2D eigenvalue weighted by Gasteiger charge is -2.39. The average molecular weight is 476 g/mol. The van der Waals surface area contributed by atoms with Crippen LogP contribution in [0, 0.1) is 5.82 Å². The number of aromatic nitrogens is 1. The molecule has 2 heterocycles. The zero-order valence-corrected chi connectivity index (χ0v) is 20.3. The highest BCUT2D eigenvalue weighted by molar-refractivity contribution is 5.99. The summed E-state index contributed by atoms with van der Waals surface area (Å²) < 4.78 is 30.7. The highest BCUT2D eigenvalue weighted by Crippen LogP contribution is 2.45. The summed E-state index contributed by atoms with van der Waals surface area (Å²) in [4.78, 5) is 16.9. The number of carbonyl (C=O) groups is 1. The van der Waals surface area contributed by atoms with Crippen LogP contribution in [0.5, 0.6) is 0 Å². The van der Waals surface area contributed by atoms with Gasteiger partial charge in [0.25, 0.3) is 0 Å². The normalized spacial score (nSPS) is 21.9. The minimum atomic E-state index is -0.827. The smallest absolute Gasteiger partial charge is 0.308 e. The number of carbonyl (C=O) groups excluding carboxylic acids is 1. The Bertz CT molecular complexity index is 1260. The van der Waals surface area contributed by atoms with Crippen LogP contribution in [-0.4, -0.2) is 36.1 Å². The molecule has 2 atom stereocenters. The number of nitrogens with zero attached hydrogens (tertiary/aromatic N) is 1. The van der Waals surface area contributed by atoms with Gasteiger partial charge < -0.3 is 14.2 Å². The van der Waals surface area contributed by atoms with Gasteiger partial charge in [0.05, 0.1) is 36.9 Å². The van der Waals surface area contributed by atoms with Crippen LogP contribution in [0.1, 0.15) is 56.7 Å². The van der Waals surface area contributed by atoms with E-state index in [2.05, 4.69) is 12.1 Å². The molecule has 2 aromatic carbocycles. The number of pyridine rings is 1. The van der Waals surface area contributed by atoms with E-state index in [-0.39, 0.29) is 30.4 Å². The molecule has 5 nitrogen and oxygen atoms in total. The average Bonchev–Trinajstić information content (AvgIpc) is 3.67. The number of ether oxygens (including phenoxy) is 3. The van der Waals surface area contributed by atoms with E-state index in [4.69, 9.17) is 19.2 Å². The summed E-state index contributed by atoms with van der Waals surface area (Å²) in [6.45, 7) is 3.71. The van der Waals surface area contributed by atoms with Crippen LogP contribution in [0.2, 0.25) is 0 Å². The second kappa shape index (κ2) is 9.51. The number of halogens is 1. The van der Waals surface area contributed by atoms with Crippen LogP contribution in [0.4, 0.5) is 4.39 Å². The molecule has 0 spiro atoms. The Morgan fingerprint density at radius 3 is 2.60 bits per heavy atom. The molecule has 6 heteroatoms. The van der Waals surface area contributed by atoms with Crippen LogP contribution >= 0.6 is 0 Å². The first-order valence-electron chi connectivity index (χ1n) is 12.1. The molecule has 1 saturated heterocycles. The summed E-state index contributed by atoms with van der Waals surface area (Å²) in [5, 5.41) is 1.03. The van der Waals surface area contributed by atoms with Crippen LogP contribution in [0.25, 0.3) is 28.1 Å². The largest absolute Gasteiger partial charge is 0.469 e. The predicted molar refractivity (Wildman–Crippen MR) is 133 cm³/mol. The molecule has 5 rings (SSSR count). The van der Waals surface area contributed by atoms with Crippen molar-refractivity contribution in [3.8, 4) is 11.1 Å². The molecule has 0 N–H and O–H groups in total. The van der Waals surface area contributed by atoms with Gasteiger partial charge in [0.15, 0.2) is 5.79 Å². The Labute approximate surface area is 204 Å². The summed E-state index contributed by atoms with van der Waals surface area (Å²) in [5.74, 6) is -0.977. The van der Waals surface area contributed by atoms with Gasteiger partial charge in [-0.2, -0.15) is 0 Å². The van der Waals surface area contributed by atoms with Gasteiger partial charge in [-0.15, -0.1) is 0 Å². The number of esters is 1. The van der Waals surface area contributed by atoms with Crippen molar-refractivity contribution < 1.29 is 23.4 Å². The van der Waals surface area contributed by atoms with Gasteiger partial charge in [0, 0.05) is 28.9 Å². The maximum Gasteiger partial charge on any atom is 0.308 e. The molecule has 182 valence electrons. The molecular weight excluding hydrogens is 445 g/mol. The van der Waals surface area contributed by atoms with Gasteiger partial charge in [-0.25, -0.2) is 4.39 Å². The van der Waals surface area contributed by atoms with E-state index in [1.807, 2.05) is 50.3 Å². The molecule has 2 unspecified atom stereocenters. The number of hydrogen-bond donors (Lipinski definition) is 0. The molecule has 0 amide bonds. The van der Waals surface area contributed by atoms with Gasteiger partial charge in [0.2, 0.25) is 0 Å². The van der Waals surface area contributed by atoms with Gasteiger partial charge in [-0.05, 0) is 50.5 Å². The van der Waals surface area contributed by atoms with Crippen molar-refractivity contribution in [3.63, 3.8) is 0 Å². The number of methoxy groups -OCH3 is 1. The minimum Gasteiger partial charge on any atom is -0.469 e. The number of rotatable bonds is 6. The second-order valence-electron chi connectivity index (χ2n) is 9.76. The van der Waals surface area contributed by atoms with Crippen molar-refractivity contribution in [1.29, 1.82) is 0 Å². The minimum absolute atomic E-state index is 0.180. The quantitative estimate of drug-likeness (QED) is 0.386. The third-order valence-corrected chi connectivity index (χ3v) is 6.54. The lowest BCUT2D eigenvalue weighted by Crippen LogP contribution is -2.44. The first-order valence-corrected chi connectivity index (χ1v) is 12.1. The third-order valence-electron chi connectivity index (χ3n) is 6.54. The van der Waals surface area contributed by atoms with Gasteiger partial charge in [-0.3, -0.25) is 9.78 Å². The van der Waals surface area contributed by atoms with Crippen molar-refractivity contribution in [2.24, 2.45) is 0 Å². The fourth-order valence-corrected chi connectivity index (χ4v) is 4.87. The van der Waals surface area contributed by atoms with Crippen LogP contribution in [0.15, 0.2) is 54.6 Å². The van der Waals surface area contributed by atoms with Gasteiger partial charge in [0.1, 0.15) is 5.82 Å². The Hall–Kier alpha value is -3.09. The maximum atomic E-state index is 13.8. The van der Waals surface area contributed by atoms with Crippen molar-refractivity contribution >= 4 is 22.9 Å². The molecule has 2 fully saturated rings. The highest BCUT2D eigenvalue weighted by Gasteiger charge is 2.36. The highest BCUT2D eigenvalue weighted by atomic mass is 19.1. The van der Waals surface area contributed by atoms with E-state index in [0.29, 0.717) is 12.3 Å². The zero-order valence-electron chi connectivity index (χ0n) is 20.3. The summed E-state index contributed by atoms with van der Waals surface area (Å²) >= 11 is 0. The molecule has 0 radical (unpaired) electrons. The molecule has 2 aliphatic rings. The van der Waals surface area contributed by atoms with Crippen LogP contribution < -0.4 is 0 Å². The Morgan fingerprint density at radius 2 is 1.89 bits per heavy atom. The fourth-order valence-electron chi connectivity index (χ4n) is 4.87. The fraction of sp³-hybridized carbons (Fsp3) is 0.379. The van der Waals surface area contributed by atoms with Gasteiger partial charge in [-0.1, -0.05) is 42.5 Å². The maximum absolute atomic E-state index is 13.8. The van der Waals surface area contributed by atoms with E-state index >= 15 is 0 Å². The second-order valence-corrected chi connectivity index (χ2v) is 9.76. The SMILES string of the molecule is COC(=O)CC1CC(/C=C/c2c(C3CC3)nc3ccccc3c2-c2ccc(F)cc2)OC(C)(C)O1. The van der Waals surface area contributed by atoms with E-state index < -0.39 is 5.79 Å². The van der Waals surface area contributed by atoms with Crippen LogP contribution in [0.3, 0.4) is 0 Å². The first-order chi connectivity index (χ1) is 16.8. The van der Waals surface area contributed by atoms with Gasteiger partial charge >= 0.3 is 5.97 Å². The summed E-state index contributed by atoms with van der Waals surface area (Å²) in [6, 6.07) is 14.7. The van der Waals surface area contributed by atoms with Crippen molar-refractivity contribution in [2.45, 2.75) is 63.4 Å². The predicted octanol–water partition coefficient (Wildman–Crippen LogP) is 6.40. The number of para-hydroxylation sites is 1. The Balaban J connectivity index is 1.58.